The van der Waals surface area contributed by atoms with Crippen molar-refractivity contribution in [2.24, 2.45) is 11.7 Å². The second-order valence-electron chi connectivity index (χ2n) is 6.22. The van der Waals surface area contributed by atoms with Crippen LogP contribution < -0.4 is 15.8 Å². The minimum Gasteiger partial charge on any atom is -0.496 e. The highest BCUT2D eigenvalue weighted by Gasteiger charge is 2.27. The number of hydrogen-bond acceptors (Lipinski definition) is 4. The average molecular weight is 423 g/mol. The maximum Gasteiger partial charge on any atom is 0.260 e. The zero-order chi connectivity index (χ0) is 18.1. The Hall–Kier alpha value is -1.86. The van der Waals surface area contributed by atoms with Gasteiger partial charge < -0.3 is 15.8 Å². The van der Waals surface area contributed by atoms with Crippen LogP contribution in [0.25, 0.3) is 0 Å². The molecule has 0 radical (unpaired) electrons. The molecule has 132 valence electrons. The molecule has 0 bridgehead atoms. The van der Waals surface area contributed by atoms with Gasteiger partial charge in [0.2, 0.25) is 0 Å². The molecule has 1 aliphatic carbocycles. The van der Waals surface area contributed by atoms with Gasteiger partial charge >= 0.3 is 0 Å². The summed E-state index contributed by atoms with van der Waals surface area (Å²) in [5.74, 6) is 0.215. The fourth-order valence-electron chi connectivity index (χ4n) is 3.13. The first-order chi connectivity index (χ1) is 11.9. The third-order valence-corrected chi connectivity index (χ3v) is 6.05. The van der Waals surface area contributed by atoms with Crippen LogP contribution in [0.2, 0.25) is 0 Å². The fraction of sp³-hybridized carbons (Fsp3) is 0.333. The first kappa shape index (κ1) is 17.9. The summed E-state index contributed by atoms with van der Waals surface area (Å²) in [4.78, 5) is 25.9. The number of fused-ring (bicyclic) bond motifs is 1. The highest BCUT2D eigenvalue weighted by molar-refractivity contribution is 9.10. The van der Waals surface area contributed by atoms with Gasteiger partial charge in [-0.25, -0.2) is 0 Å². The Morgan fingerprint density at radius 2 is 2.16 bits per heavy atom. The van der Waals surface area contributed by atoms with Crippen LogP contribution >= 0.6 is 27.3 Å². The van der Waals surface area contributed by atoms with E-state index in [4.69, 9.17) is 10.5 Å². The van der Waals surface area contributed by atoms with Crippen LogP contribution in [0, 0.1) is 5.92 Å². The first-order valence-electron chi connectivity index (χ1n) is 8.00. The Morgan fingerprint density at radius 1 is 1.40 bits per heavy atom. The van der Waals surface area contributed by atoms with Gasteiger partial charge in [0.15, 0.2) is 0 Å². The summed E-state index contributed by atoms with van der Waals surface area (Å²) < 4.78 is 6.03. The number of anilines is 1. The average Bonchev–Trinajstić information content (AvgIpc) is 2.91. The van der Waals surface area contributed by atoms with Crippen LogP contribution in [0.15, 0.2) is 22.7 Å². The van der Waals surface area contributed by atoms with Crippen molar-refractivity contribution in [1.29, 1.82) is 0 Å². The van der Waals surface area contributed by atoms with Crippen LogP contribution in [0.4, 0.5) is 5.00 Å². The molecule has 3 N–H and O–H groups in total. The van der Waals surface area contributed by atoms with Crippen molar-refractivity contribution in [1.82, 2.24) is 0 Å². The molecule has 0 spiro atoms. The van der Waals surface area contributed by atoms with E-state index in [1.165, 1.54) is 18.4 Å². The van der Waals surface area contributed by atoms with Crippen LogP contribution in [0.5, 0.6) is 5.75 Å². The quantitative estimate of drug-likeness (QED) is 0.780. The van der Waals surface area contributed by atoms with Crippen molar-refractivity contribution in [3.63, 3.8) is 0 Å². The van der Waals surface area contributed by atoms with Gasteiger partial charge in [0.05, 0.1) is 18.2 Å². The van der Waals surface area contributed by atoms with Gasteiger partial charge in [-0.05, 0) is 48.9 Å². The van der Waals surface area contributed by atoms with Crippen molar-refractivity contribution in [2.45, 2.75) is 26.2 Å². The molecular formula is C18H19BrN2O3S. The molecule has 1 heterocycles. The van der Waals surface area contributed by atoms with Gasteiger partial charge in [-0.3, -0.25) is 9.59 Å². The molecular weight excluding hydrogens is 404 g/mol. The van der Waals surface area contributed by atoms with Crippen LogP contribution in [0.3, 0.4) is 0 Å². The van der Waals surface area contributed by atoms with Crippen molar-refractivity contribution >= 4 is 44.1 Å². The number of halogens is 1. The standard InChI is InChI=1S/C18H19BrN2O3S/c1-9-3-5-11-14(7-9)25-18(15(11)16(20)22)21-17(23)12-8-10(19)4-6-13(12)24-2/h4,6,8-9H,3,5,7H2,1-2H3,(H2,20,22)(H,21,23). The molecule has 0 fully saturated rings. The molecule has 0 saturated heterocycles. The Bertz CT molecular complexity index is 847. The lowest BCUT2D eigenvalue weighted by molar-refractivity contribution is 0.1000. The Kier molecular flexibility index (Phi) is 5.15. The van der Waals surface area contributed by atoms with Gasteiger partial charge in [-0.2, -0.15) is 0 Å². The highest BCUT2D eigenvalue weighted by atomic mass is 79.9. The molecule has 0 saturated carbocycles. The van der Waals surface area contributed by atoms with Crippen LogP contribution in [0.1, 0.15) is 44.5 Å². The van der Waals surface area contributed by atoms with Crippen molar-refractivity contribution in [3.8, 4) is 5.75 Å². The minimum atomic E-state index is -0.497. The smallest absolute Gasteiger partial charge is 0.260 e. The lowest BCUT2D eigenvalue weighted by atomic mass is 9.88. The second-order valence-corrected chi connectivity index (χ2v) is 8.24. The third-order valence-electron chi connectivity index (χ3n) is 4.39. The van der Waals surface area contributed by atoms with Crippen molar-refractivity contribution < 1.29 is 14.3 Å². The fourth-order valence-corrected chi connectivity index (χ4v) is 4.90. The first-order valence-corrected chi connectivity index (χ1v) is 9.61. The van der Waals surface area contributed by atoms with E-state index in [1.807, 2.05) is 0 Å². The van der Waals surface area contributed by atoms with Gasteiger partial charge in [0.25, 0.3) is 11.8 Å². The molecule has 1 unspecified atom stereocenters. The van der Waals surface area contributed by atoms with E-state index >= 15 is 0 Å². The zero-order valence-electron chi connectivity index (χ0n) is 14.0. The number of nitrogens with one attached hydrogen (secondary N) is 1. The normalized spacial score (nSPS) is 16.2. The number of carbonyl (C=O) groups excluding carboxylic acids is 2. The molecule has 2 amide bonds. The van der Waals surface area contributed by atoms with Gasteiger partial charge in [0.1, 0.15) is 10.8 Å². The molecule has 1 aromatic carbocycles. The van der Waals surface area contributed by atoms with Gasteiger partial charge in [-0.1, -0.05) is 22.9 Å². The molecule has 7 heteroatoms. The zero-order valence-corrected chi connectivity index (χ0v) is 16.4. The lowest BCUT2D eigenvalue weighted by Gasteiger charge is -2.18. The predicted octanol–water partition coefficient (Wildman–Crippen LogP) is 4.00. The highest BCUT2D eigenvalue weighted by Crippen LogP contribution is 2.39. The topological polar surface area (TPSA) is 81.4 Å². The maximum atomic E-state index is 12.7. The van der Waals surface area contributed by atoms with E-state index in [2.05, 4.69) is 28.2 Å². The largest absolute Gasteiger partial charge is 0.496 e. The van der Waals surface area contributed by atoms with Gasteiger partial charge in [-0.15, -0.1) is 11.3 Å². The summed E-state index contributed by atoms with van der Waals surface area (Å²) in [5.41, 5.74) is 7.44. The number of benzene rings is 1. The number of rotatable bonds is 4. The number of thiophene rings is 1. The summed E-state index contributed by atoms with van der Waals surface area (Å²) in [5, 5.41) is 3.39. The van der Waals surface area contributed by atoms with Gasteiger partial charge in [0, 0.05) is 9.35 Å². The van der Waals surface area contributed by atoms with E-state index in [0.717, 1.165) is 34.2 Å². The SMILES string of the molecule is COc1ccc(Br)cc1C(=O)Nc1sc2c(c1C(N)=O)CCC(C)C2. The molecule has 1 aliphatic rings. The number of ether oxygens (including phenoxy) is 1. The van der Waals surface area contributed by atoms with Crippen LogP contribution in [-0.4, -0.2) is 18.9 Å². The van der Waals surface area contributed by atoms with Crippen molar-refractivity contribution in [3.05, 3.63) is 44.2 Å². The summed E-state index contributed by atoms with van der Waals surface area (Å²) in [6.07, 6.45) is 2.76. The van der Waals surface area contributed by atoms with E-state index in [1.54, 1.807) is 18.2 Å². The number of methoxy groups -OCH3 is 1. The Labute approximate surface area is 158 Å². The van der Waals surface area contributed by atoms with Crippen molar-refractivity contribution in [2.75, 3.05) is 12.4 Å². The Balaban J connectivity index is 1.97. The monoisotopic (exact) mass is 422 g/mol. The van der Waals surface area contributed by atoms with E-state index in [-0.39, 0.29) is 5.91 Å². The third kappa shape index (κ3) is 3.57. The molecule has 1 atom stereocenters. The number of hydrogen-bond donors (Lipinski definition) is 2. The summed E-state index contributed by atoms with van der Waals surface area (Å²) in [6, 6.07) is 5.21. The molecule has 1 aromatic heterocycles. The lowest BCUT2D eigenvalue weighted by Crippen LogP contribution is -2.19. The number of nitrogens with two attached hydrogens (primary N) is 1. The minimum absolute atomic E-state index is 0.327. The molecule has 5 nitrogen and oxygen atoms in total. The summed E-state index contributed by atoms with van der Waals surface area (Å²) in [7, 11) is 1.51. The van der Waals surface area contributed by atoms with E-state index in [9.17, 15) is 9.59 Å². The van der Waals surface area contributed by atoms with E-state index in [0.29, 0.717) is 27.8 Å². The summed E-state index contributed by atoms with van der Waals surface area (Å²) >= 11 is 4.81. The second kappa shape index (κ2) is 7.17. The maximum absolute atomic E-state index is 12.7. The molecule has 3 rings (SSSR count). The summed E-state index contributed by atoms with van der Waals surface area (Å²) in [6.45, 7) is 2.19. The number of carbonyl (C=O) groups is 2. The van der Waals surface area contributed by atoms with E-state index < -0.39 is 5.91 Å². The molecule has 0 aliphatic heterocycles. The number of amides is 2. The number of primary amides is 1. The molecule has 25 heavy (non-hydrogen) atoms. The Morgan fingerprint density at radius 3 is 2.84 bits per heavy atom. The molecule has 2 aromatic rings. The van der Waals surface area contributed by atoms with Crippen LogP contribution in [-0.2, 0) is 12.8 Å². The predicted molar refractivity (Wildman–Crippen MR) is 103 cm³/mol.